The monoisotopic (exact) mass is 266 g/mol. The van der Waals surface area contributed by atoms with Crippen LogP contribution in [-0.2, 0) is 0 Å². The summed E-state index contributed by atoms with van der Waals surface area (Å²) in [7, 11) is 0. The molecule has 106 valence electrons. The van der Waals surface area contributed by atoms with Crippen LogP contribution in [-0.4, -0.2) is 20.7 Å². The predicted octanol–water partition coefficient (Wildman–Crippen LogP) is 3.28. The first-order valence-electron chi connectivity index (χ1n) is 6.90. The molecule has 0 amide bonds. The highest BCUT2D eigenvalue weighted by molar-refractivity contribution is 5.60. The van der Waals surface area contributed by atoms with Crippen molar-refractivity contribution in [2.45, 2.75) is 59.0 Å². The average molecular weight is 266 g/mol. The number of nitro groups is 1. The molecule has 19 heavy (non-hydrogen) atoms. The molecule has 2 rings (SSSR count). The van der Waals surface area contributed by atoms with Gasteiger partial charge in [0.25, 0.3) is 0 Å². The molecule has 0 spiro atoms. The van der Waals surface area contributed by atoms with Gasteiger partial charge in [0.15, 0.2) is 0 Å². The van der Waals surface area contributed by atoms with Gasteiger partial charge in [0.05, 0.1) is 4.92 Å². The van der Waals surface area contributed by atoms with E-state index in [-0.39, 0.29) is 16.7 Å². The summed E-state index contributed by atoms with van der Waals surface area (Å²) in [5, 5.41) is 18.9. The zero-order chi connectivity index (χ0) is 14.2. The van der Waals surface area contributed by atoms with Gasteiger partial charge in [-0.2, -0.15) is 5.10 Å². The molecule has 1 heterocycles. The van der Waals surface area contributed by atoms with Gasteiger partial charge in [0.1, 0.15) is 5.69 Å². The summed E-state index contributed by atoms with van der Waals surface area (Å²) in [5.74, 6) is 1.25. The van der Waals surface area contributed by atoms with Crippen molar-refractivity contribution >= 4 is 11.5 Å². The molecule has 1 aliphatic carbocycles. The third-order valence-electron chi connectivity index (χ3n) is 3.76. The van der Waals surface area contributed by atoms with Crippen LogP contribution in [0.25, 0.3) is 0 Å². The van der Waals surface area contributed by atoms with Crippen molar-refractivity contribution < 1.29 is 4.92 Å². The lowest BCUT2D eigenvalue weighted by Gasteiger charge is -2.16. The zero-order valence-electron chi connectivity index (χ0n) is 12.0. The Morgan fingerprint density at radius 2 is 2.16 bits per heavy atom. The molecule has 1 aromatic heterocycles. The molecule has 1 aromatic rings. The molecule has 0 aliphatic heterocycles. The van der Waals surface area contributed by atoms with E-state index in [1.807, 2.05) is 13.8 Å². The largest absolute Gasteiger partial charge is 0.362 e. The van der Waals surface area contributed by atoms with E-state index in [2.05, 4.69) is 17.3 Å². The minimum atomic E-state index is -0.331. The van der Waals surface area contributed by atoms with Crippen molar-refractivity contribution in [2.24, 2.45) is 5.92 Å². The van der Waals surface area contributed by atoms with Crippen LogP contribution < -0.4 is 5.32 Å². The van der Waals surface area contributed by atoms with Crippen molar-refractivity contribution in [3.8, 4) is 0 Å². The fourth-order valence-electron chi connectivity index (χ4n) is 2.80. The SMILES string of the molecule is Cc1nn(C(C)C)c(NC2CCC(C)C2)c1[N+](=O)[O-]. The second-order valence-electron chi connectivity index (χ2n) is 5.84. The molecule has 0 aromatic carbocycles. The van der Waals surface area contributed by atoms with Gasteiger partial charge in [-0.1, -0.05) is 6.92 Å². The molecule has 1 N–H and O–H groups in total. The van der Waals surface area contributed by atoms with E-state index in [4.69, 9.17) is 0 Å². The maximum absolute atomic E-state index is 11.2. The van der Waals surface area contributed by atoms with Crippen LogP contribution >= 0.6 is 0 Å². The van der Waals surface area contributed by atoms with Crippen LogP contribution in [0.4, 0.5) is 11.5 Å². The second kappa shape index (κ2) is 5.19. The lowest BCUT2D eigenvalue weighted by Crippen LogP contribution is -2.20. The lowest BCUT2D eigenvalue weighted by molar-refractivity contribution is -0.384. The highest BCUT2D eigenvalue weighted by atomic mass is 16.6. The van der Waals surface area contributed by atoms with Gasteiger partial charge in [0.2, 0.25) is 5.82 Å². The fraction of sp³-hybridized carbons (Fsp3) is 0.769. The smallest absolute Gasteiger partial charge is 0.333 e. The lowest BCUT2D eigenvalue weighted by atomic mass is 10.1. The van der Waals surface area contributed by atoms with E-state index in [1.165, 1.54) is 6.42 Å². The summed E-state index contributed by atoms with van der Waals surface area (Å²) >= 11 is 0. The Balaban J connectivity index is 2.33. The van der Waals surface area contributed by atoms with Gasteiger partial charge in [-0.3, -0.25) is 10.1 Å². The minimum absolute atomic E-state index is 0.105. The van der Waals surface area contributed by atoms with Crippen molar-refractivity contribution in [3.63, 3.8) is 0 Å². The first kappa shape index (κ1) is 13.8. The number of nitrogens with zero attached hydrogens (tertiary/aromatic N) is 3. The Bertz CT molecular complexity index is 481. The summed E-state index contributed by atoms with van der Waals surface area (Å²) in [6.07, 6.45) is 3.32. The van der Waals surface area contributed by atoms with Gasteiger partial charge >= 0.3 is 5.69 Å². The number of hydrogen-bond donors (Lipinski definition) is 1. The number of anilines is 1. The molecule has 6 heteroatoms. The summed E-state index contributed by atoms with van der Waals surface area (Å²) < 4.78 is 1.73. The highest BCUT2D eigenvalue weighted by Crippen LogP contribution is 2.34. The Morgan fingerprint density at radius 1 is 1.47 bits per heavy atom. The second-order valence-corrected chi connectivity index (χ2v) is 5.84. The summed E-state index contributed by atoms with van der Waals surface area (Å²) in [5.41, 5.74) is 0.598. The number of aromatic nitrogens is 2. The molecular formula is C13H22N4O2. The molecule has 0 bridgehead atoms. The molecule has 2 unspecified atom stereocenters. The first-order valence-corrected chi connectivity index (χ1v) is 6.90. The van der Waals surface area contributed by atoms with E-state index < -0.39 is 0 Å². The van der Waals surface area contributed by atoms with Gasteiger partial charge in [-0.15, -0.1) is 0 Å². The van der Waals surface area contributed by atoms with Crippen molar-refractivity contribution in [1.29, 1.82) is 0 Å². The van der Waals surface area contributed by atoms with Crippen LogP contribution in [0, 0.1) is 23.0 Å². The maximum Gasteiger partial charge on any atom is 0.333 e. The first-order chi connectivity index (χ1) is 8.90. The third-order valence-corrected chi connectivity index (χ3v) is 3.76. The minimum Gasteiger partial charge on any atom is -0.362 e. The summed E-state index contributed by atoms with van der Waals surface area (Å²) in [6, 6.07) is 0.427. The molecule has 1 aliphatic rings. The quantitative estimate of drug-likeness (QED) is 0.670. The fourth-order valence-corrected chi connectivity index (χ4v) is 2.80. The van der Waals surface area contributed by atoms with Gasteiger partial charge in [-0.05, 0) is 46.0 Å². The molecule has 0 saturated heterocycles. The molecular weight excluding hydrogens is 244 g/mol. The van der Waals surface area contributed by atoms with Crippen molar-refractivity contribution in [1.82, 2.24) is 9.78 Å². The van der Waals surface area contributed by atoms with Crippen molar-refractivity contribution in [3.05, 3.63) is 15.8 Å². The standard InChI is InChI=1S/C13H22N4O2/c1-8(2)16-13(12(17(18)19)10(4)15-16)14-11-6-5-9(3)7-11/h8-9,11,14H,5-7H2,1-4H3. The molecule has 1 saturated carbocycles. The van der Waals surface area contributed by atoms with E-state index >= 15 is 0 Å². The highest BCUT2D eigenvalue weighted by Gasteiger charge is 2.30. The van der Waals surface area contributed by atoms with Crippen LogP contribution in [0.15, 0.2) is 0 Å². The van der Waals surface area contributed by atoms with Crippen LogP contribution in [0.5, 0.6) is 0 Å². The Kier molecular flexibility index (Phi) is 3.78. The molecule has 1 fully saturated rings. The maximum atomic E-state index is 11.2. The Labute approximate surface area is 113 Å². The zero-order valence-corrected chi connectivity index (χ0v) is 12.0. The van der Waals surface area contributed by atoms with Crippen molar-refractivity contribution in [2.75, 3.05) is 5.32 Å². The number of aryl methyl sites for hydroxylation is 1. The van der Waals surface area contributed by atoms with E-state index in [0.29, 0.717) is 23.5 Å². The number of rotatable bonds is 4. The Hall–Kier alpha value is -1.59. The number of nitrogens with one attached hydrogen (secondary N) is 1. The number of hydrogen-bond acceptors (Lipinski definition) is 4. The van der Waals surface area contributed by atoms with Gasteiger partial charge in [0, 0.05) is 12.1 Å². The Morgan fingerprint density at radius 3 is 2.63 bits per heavy atom. The average Bonchev–Trinajstić information content (AvgIpc) is 2.83. The topological polar surface area (TPSA) is 73.0 Å². The predicted molar refractivity (Wildman–Crippen MR) is 74.4 cm³/mol. The van der Waals surface area contributed by atoms with Gasteiger partial charge in [-0.25, -0.2) is 4.68 Å². The molecule has 6 nitrogen and oxygen atoms in total. The van der Waals surface area contributed by atoms with Crippen LogP contribution in [0.1, 0.15) is 51.8 Å². The van der Waals surface area contributed by atoms with Crippen LogP contribution in [0.2, 0.25) is 0 Å². The molecule has 2 atom stereocenters. The molecule has 0 radical (unpaired) electrons. The third kappa shape index (κ3) is 2.72. The van der Waals surface area contributed by atoms with E-state index in [9.17, 15) is 10.1 Å². The van der Waals surface area contributed by atoms with Gasteiger partial charge < -0.3 is 5.32 Å². The van der Waals surface area contributed by atoms with Crippen LogP contribution in [0.3, 0.4) is 0 Å². The summed E-state index contributed by atoms with van der Waals surface area (Å²) in [6.45, 7) is 7.89. The summed E-state index contributed by atoms with van der Waals surface area (Å²) in [4.78, 5) is 10.9. The normalized spacial score (nSPS) is 23.0. The van der Waals surface area contributed by atoms with E-state index in [1.54, 1.807) is 11.6 Å². The van der Waals surface area contributed by atoms with E-state index in [0.717, 1.165) is 12.8 Å².